The van der Waals surface area contributed by atoms with E-state index in [9.17, 15) is 0 Å². The van der Waals surface area contributed by atoms with Crippen molar-refractivity contribution in [3.05, 3.63) is 38.9 Å². The van der Waals surface area contributed by atoms with E-state index in [1.165, 1.54) is 0 Å². The van der Waals surface area contributed by atoms with Crippen LogP contribution in [0.5, 0.6) is 0 Å². The van der Waals surface area contributed by atoms with Gasteiger partial charge in [0.1, 0.15) is 11.8 Å². The fourth-order valence-electron chi connectivity index (χ4n) is 1.69. The van der Waals surface area contributed by atoms with Gasteiger partial charge in [0.15, 0.2) is 4.67 Å². The third kappa shape index (κ3) is 2.47. The summed E-state index contributed by atoms with van der Waals surface area (Å²) in [4.78, 5) is 0. The van der Waals surface area contributed by atoms with Crippen molar-refractivity contribution in [3.8, 4) is 0 Å². The predicted molar refractivity (Wildman–Crippen MR) is 71.2 cm³/mol. The van der Waals surface area contributed by atoms with Crippen molar-refractivity contribution in [1.82, 2.24) is 15.2 Å². The molecule has 0 bridgehead atoms. The number of furan rings is 1. The second-order valence-corrected chi connectivity index (χ2v) is 5.07. The number of hydrogen-bond acceptors (Lipinski definition) is 4. The molecule has 7 heteroatoms. The van der Waals surface area contributed by atoms with Crippen molar-refractivity contribution >= 4 is 31.9 Å². The molecule has 0 aliphatic carbocycles. The maximum atomic E-state index is 5.61. The summed E-state index contributed by atoms with van der Waals surface area (Å²) in [6.45, 7) is 2.79. The molecule has 5 nitrogen and oxygen atoms in total. The lowest BCUT2D eigenvalue weighted by atomic mass is 10.1. The number of aromatic nitrogens is 2. The Balaban J connectivity index is 2.44. The van der Waals surface area contributed by atoms with Crippen LogP contribution in [0.2, 0.25) is 0 Å². The molecule has 0 fully saturated rings. The minimum absolute atomic E-state index is 0.238. The third-order valence-corrected chi connectivity index (χ3v) is 3.49. The first-order chi connectivity index (χ1) is 8.17. The first-order valence-electron chi connectivity index (χ1n) is 5.10. The Labute approximate surface area is 116 Å². The molecule has 0 aliphatic heterocycles. The van der Waals surface area contributed by atoms with Crippen LogP contribution < -0.4 is 11.3 Å². The molecule has 2 heterocycles. The molecule has 1 unspecified atom stereocenters. The van der Waals surface area contributed by atoms with Gasteiger partial charge in [0, 0.05) is 6.54 Å². The van der Waals surface area contributed by atoms with E-state index >= 15 is 0 Å². The Morgan fingerprint density at radius 1 is 1.53 bits per heavy atom. The van der Waals surface area contributed by atoms with Crippen LogP contribution in [0.1, 0.15) is 24.4 Å². The molecule has 0 spiro atoms. The van der Waals surface area contributed by atoms with Gasteiger partial charge in [-0.15, -0.1) is 0 Å². The summed E-state index contributed by atoms with van der Waals surface area (Å²) in [6, 6.07) is 3.46. The highest BCUT2D eigenvalue weighted by Gasteiger charge is 2.23. The summed E-state index contributed by atoms with van der Waals surface area (Å²) < 4.78 is 8.96. The van der Waals surface area contributed by atoms with Crippen LogP contribution in [-0.4, -0.2) is 9.78 Å². The smallest absolute Gasteiger partial charge is 0.169 e. The van der Waals surface area contributed by atoms with E-state index in [-0.39, 0.29) is 6.04 Å². The molecule has 92 valence electrons. The highest BCUT2D eigenvalue weighted by molar-refractivity contribution is 9.10. The second-order valence-electron chi connectivity index (χ2n) is 3.44. The minimum atomic E-state index is -0.238. The highest BCUT2D eigenvalue weighted by Crippen LogP contribution is 2.30. The van der Waals surface area contributed by atoms with Crippen molar-refractivity contribution < 1.29 is 4.42 Å². The zero-order chi connectivity index (χ0) is 12.4. The molecular weight excluding hydrogens is 352 g/mol. The van der Waals surface area contributed by atoms with E-state index in [4.69, 9.17) is 10.3 Å². The van der Waals surface area contributed by atoms with E-state index in [2.05, 4.69) is 42.4 Å². The van der Waals surface area contributed by atoms with Gasteiger partial charge >= 0.3 is 0 Å². The first-order valence-corrected chi connectivity index (χ1v) is 6.68. The van der Waals surface area contributed by atoms with Crippen LogP contribution in [0.25, 0.3) is 0 Å². The second kappa shape index (κ2) is 5.34. The van der Waals surface area contributed by atoms with Crippen LogP contribution in [0, 0.1) is 0 Å². The van der Waals surface area contributed by atoms with Crippen LogP contribution in [0.4, 0.5) is 0 Å². The number of rotatable bonds is 4. The molecule has 1 atom stereocenters. The van der Waals surface area contributed by atoms with Crippen molar-refractivity contribution in [2.75, 3.05) is 0 Å². The van der Waals surface area contributed by atoms with E-state index < -0.39 is 0 Å². The van der Waals surface area contributed by atoms with Crippen LogP contribution in [0.15, 0.2) is 31.9 Å². The van der Waals surface area contributed by atoms with Crippen molar-refractivity contribution in [3.63, 3.8) is 0 Å². The topological polar surface area (TPSA) is 69.0 Å². The van der Waals surface area contributed by atoms with Crippen LogP contribution in [0.3, 0.4) is 0 Å². The van der Waals surface area contributed by atoms with Crippen molar-refractivity contribution in [2.24, 2.45) is 5.84 Å². The molecule has 0 aliphatic rings. The van der Waals surface area contributed by atoms with E-state index in [1.54, 1.807) is 6.20 Å². The fraction of sp³-hybridized carbons (Fsp3) is 0.300. The molecule has 3 N–H and O–H groups in total. The lowest BCUT2D eigenvalue weighted by Gasteiger charge is -2.15. The molecule has 0 saturated heterocycles. The molecule has 0 aromatic carbocycles. The van der Waals surface area contributed by atoms with Crippen LogP contribution >= 0.6 is 31.9 Å². The molecule has 0 saturated carbocycles. The maximum Gasteiger partial charge on any atom is 0.169 e. The van der Waals surface area contributed by atoms with Gasteiger partial charge in [0.05, 0.1) is 16.4 Å². The summed E-state index contributed by atoms with van der Waals surface area (Å²) in [5.74, 6) is 6.34. The summed E-state index contributed by atoms with van der Waals surface area (Å²) in [7, 11) is 0. The number of hydrazine groups is 1. The summed E-state index contributed by atoms with van der Waals surface area (Å²) in [5.41, 5.74) is 3.69. The third-order valence-electron chi connectivity index (χ3n) is 2.45. The van der Waals surface area contributed by atoms with Gasteiger partial charge in [-0.1, -0.05) is 0 Å². The monoisotopic (exact) mass is 362 g/mol. The summed E-state index contributed by atoms with van der Waals surface area (Å²) in [6.07, 6.45) is 1.75. The molecule has 0 amide bonds. The zero-order valence-electron chi connectivity index (χ0n) is 9.15. The average molecular weight is 364 g/mol. The number of halogens is 2. The lowest BCUT2D eigenvalue weighted by Crippen LogP contribution is -2.30. The summed E-state index contributed by atoms with van der Waals surface area (Å²) >= 11 is 6.75. The normalized spacial score (nSPS) is 12.9. The number of nitrogens with zero attached hydrogens (tertiary/aromatic N) is 2. The van der Waals surface area contributed by atoms with Gasteiger partial charge in [0.2, 0.25) is 0 Å². The molecule has 2 aromatic heterocycles. The SMILES string of the molecule is CCn1ncc(Br)c1C(NN)c1ccc(Br)o1. The molecule has 0 radical (unpaired) electrons. The Morgan fingerprint density at radius 3 is 2.82 bits per heavy atom. The largest absolute Gasteiger partial charge is 0.452 e. The Kier molecular flexibility index (Phi) is 4.03. The van der Waals surface area contributed by atoms with Crippen LogP contribution in [-0.2, 0) is 6.54 Å². The summed E-state index contributed by atoms with van der Waals surface area (Å²) in [5, 5.41) is 4.26. The van der Waals surface area contributed by atoms with Gasteiger partial charge in [-0.2, -0.15) is 5.10 Å². The standard InChI is InChI=1S/C10H12Br2N4O/c1-2-16-10(6(11)5-14-16)9(15-13)7-3-4-8(12)17-7/h3-5,9,15H,2,13H2,1H3. The maximum absolute atomic E-state index is 5.61. The van der Waals surface area contributed by atoms with Gasteiger partial charge in [-0.3, -0.25) is 10.5 Å². The molecular formula is C10H12Br2N4O. The zero-order valence-corrected chi connectivity index (χ0v) is 12.3. The highest BCUT2D eigenvalue weighted by atomic mass is 79.9. The number of aryl methyl sites for hydroxylation is 1. The fourth-order valence-corrected chi connectivity index (χ4v) is 2.53. The first kappa shape index (κ1) is 12.8. The number of hydrogen-bond donors (Lipinski definition) is 2. The average Bonchev–Trinajstić information content (AvgIpc) is 2.89. The van der Waals surface area contributed by atoms with E-state index in [0.717, 1.165) is 22.5 Å². The Morgan fingerprint density at radius 2 is 2.29 bits per heavy atom. The lowest BCUT2D eigenvalue weighted by molar-refractivity contribution is 0.419. The van der Waals surface area contributed by atoms with E-state index in [0.29, 0.717) is 4.67 Å². The molecule has 2 aromatic rings. The van der Waals surface area contributed by atoms with Gasteiger partial charge in [0.25, 0.3) is 0 Å². The number of nitrogens with one attached hydrogen (secondary N) is 1. The van der Waals surface area contributed by atoms with Gasteiger partial charge in [-0.25, -0.2) is 5.43 Å². The van der Waals surface area contributed by atoms with E-state index in [1.807, 2.05) is 23.7 Å². The Bertz CT molecular complexity index is 508. The predicted octanol–water partition coefficient (Wildman–Crippen LogP) is 2.57. The number of nitrogens with two attached hydrogens (primary N) is 1. The molecule has 17 heavy (non-hydrogen) atoms. The van der Waals surface area contributed by atoms with Gasteiger partial charge < -0.3 is 4.42 Å². The Hall–Kier alpha value is -0.630. The molecule has 2 rings (SSSR count). The quantitative estimate of drug-likeness (QED) is 0.647. The van der Waals surface area contributed by atoms with Crippen molar-refractivity contribution in [2.45, 2.75) is 19.5 Å². The van der Waals surface area contributed by atoms with Crippen molar-refractivity contribution in [1.29, 1.82) is 0 Å². The van der Waals surface area contributed by atoms with Gasteiger partial charge in [-0.05, 0) is 50.9 Å². The minimum Gasteiger partial charge on any atom is -0.452 e.